The van der Waals surface area contributed by atoms with Crippen LogP contribution in [0.5, 0.6) is 0 Å². The molecule has 0 aliphatic heterocycles. The molecule has 0 saturated heterocycles. The van der Waals surface area contributed by atoms with Gasteiger partial charge in [0.05, 0.1) is 21.8 Å². The zero-order chi connectivity index (χ0) is 19.6. The van der Waals surface area contributed by atoms with Gasteiger partial charge in [0.1, 0.15) is 0 Å². The van der Waals surface area contributed by atoms with Crippen LogP contribution in [0.3, 0.4) is 0 Å². The van der Waals surface area contributed by atoms with E-state index < -0.39 is 37.9 Å². The lowest BCUT2D eigenvalue weighted by Crippen LogP contribution is -2.51. The van der Waals surface area contributed by atoms with Gasteiger partial charge in [-0.3, -0.25) is 19.7 Å². The Balaban J connectivity index is 3.35. The minimum absolute atomic E-state index is 0.230. The quantitative estimate of drug-likeness (QED) is 0.546. The van der Waals surface area contributed by atoms with Gasteiger partial charge in [-0.2, -0.15) is 0 Å². The second-order valence-corrected chi connectivity index (χ2v) is 8.36. The number of hydrogen-bond donors (Lipinski definition) is 2. The molecule has 0 aliphatic rings. The maximum absolute atomic E-state index is 12.5. The van der Waals surface area contributed by atoms with E-state index in [1.54, 1.807) is 20.8 Å². The Morgan fingerprint density at radius 3 is 2.28 bits per heavy atom. The number of carboxylic acids is 1. The highest BCUT2D eigenvalue weighted by molar-refractivity contribution is 7.90. The van der Waals surface area contributed by atoms with Crippen LogP contribution in [0.1, 0.15) is 37.6 Å². The summed E-state index contributed by atoms with van der Waals surface area (Å²) in [4.78, 5) is 33.4. The first-order valence-electron chi connectivity index (χ1n) is 7.30. The molecule has 1 unspecified atom stereocenters. The number of benzene rings is 1. The van der Waals surface area contributed by atoms with E-state index in [1.165, 1.54) is 0 Å². The van der Waals surface area contributed by atoms with Gasteiger partial charge in [-0.05, 0) is 18.9 Å². The number of hydrogen-bond acceptors (Lipinski definition) is 6. The fourth-order valence-corrected chi connectivity index (χ4v) is 2.75. The van der Waals surface area contributed by atoms with Crippen LogP contribution in [0.15, 0.2) is 23.1 Å². The molecular formula is C15H20N2O7S. The largest absolute Gasteiger partial charge is 0.481 e. The van der Waals surface area contributed by atoms with Gasteiger partial charge in [-0.15, -0.1) is 0 Å². The fraction of sp³-hybridized carbons (Fsp3) is 0.467. The van der Waals surface area contributed by atoms with Crippen LogP contribution < -0.4 is 5.32 Å². The summed E-state index contributed by atoms with van der Waals surface area (Å²) in [5, 5.41) is 22.6. The van der Waals surface area contributed by atoms with E-state index in [-0.39, 0.29) is 22.8 Å². The first-order chi connectivity index (χ1) is 11.3. The topological polar surface area (TPSA) is 144 Å². The van der Waals surface area contributed by atoms with Gasteiger partial charge in [-0.1, -0.05) is 13.8 Å². The average Bonchev–Trinajstić information content (AvgIpc) is 2.44. The fourth-order valence-electron chi connectivity index (χ4n) is 2.07. The maximum atomic E-state index is 12.5. The van der Waals surface area contributed by atoms with Crippen LogP contribution in [-0.2, 0) is 14.6 Å². The van der Waals surface area contributed by atoms with E-state index in [2.05, 4.69) is 5.32 Å². The SMILES string of the molecule is CC(C)C(C)(CC(=O)O)NC(=O)c1cc([N+](=O)[O-])cc(S(C)(=O)=O)c1. The van der Waals surface area contributed by atoms with E-state index in [9.17, 15) is 28.1 Å². The lowest BCUT2D eigenvalue weighted by Gasteiger charge is -2.33. The van der Waals surface area contributed by atoms with E-state index >= 15 is 0 Å². The molecule has 0 heterocycles. The van der Waals surface area contributed by atoms with Gasteiger partial charge < -0.3 is 10.4 Å². The number of nitrogens with zero attached hydrogens (tertiary/aromatic N) is 1. The smallest absolute Gasteiger partial charge is 0.305 e. The molecule has 0 saturated carbocycles. The van der Waals surface area contributed by atoms with Crippen molar-refractivity contribution >= 4 is 27.4 Å². The minimum Gasteiger partial charge on any atom is -0.481 e. The van der Waals surface area contributed by atoms with Crippen molar-refractivity contribution in [1.29, 1.82) is 0 Å². The van der Waals surface area contributed by atoms with Gasteiger partial charge in [-0.25, -0.2) is 8.42 Å². The van der Waals surface area contributed by atoms with E-state index in [0.29, 0.717) is 0 Å². The summed E-state index contributed by atoms with van der Waals surface area (Å²) < 4.78 is 23.4. The van der Waals surface area contributed by atoms with Gasteiger partial charge in [0.15, 0.2) is 9.84 Å². The molecule has 0 spiro atoms. The normalized spacial score (nSPS) is 14.0. The van der Waals surface area contributed by atoms with Crippen molar-refractivity contribution in [1.82, 2.24) is 5.32 Å². The number of rotatable bonds is 7. The molecule has 1 rings (SSSR count). The Morgan fingerprint density at radius 1 is 1.32 bits per heavy atom. The number of nitro benzene ring substituents is 1. The Labute approximate surface area is 145 Å². The standard InChI is InChI=1S/C15H20N2O7S/c1-9(2)15(3,8-13(18)19)16-14(20)10-5-11(17(21)22)7-12(6-10)25(4,23)24/h5-7,9H,8H2,1-4H3,(H,16,20)(H,18,19). The van der Waals surface area contributed by atoms with Crippen molar-refractivity contribution < 1.29 is 28.0 Å². The summed E-state index contributed by atoms with van der Waals surface area (Å²) in [6, 6.07) is 2.84. The molecule has 2 N–H and O–H groups in total. The third-order valence-electron chi connectivity index (χ3n) is 3.98. The molecule has 1 aromatic rings. The summed E-state index contributed by atoms with van der Waals surface area (Å²) >= 11 is 0. The molecule has 1 aromatic carbocycles. The first-order valence-corrected chi connectivity index (χ1v) is 9.19. The molecule has 10 heteroatoms. The predicted octanol–water partition coefficient (Wildman–Crippen LogP) is 1.62. The number of non-ortho nitro benzene ring substituents is 1. The van der Waals surface area contributed by atoms with E-state index in [0.717, 1.165) is 24.5 Å². The first kappa shape index (κ1) is 20.6. The van der Waals surface area contributed by atoms with Crippen LogP contribution in [0.4, 0.5) is 5.69 Å². The summed E-state index contributed by atoms with van der Waals surface area (Å²) in [5.74, 6) is -2.15. The molecule has 1 atom stereocenters. The molecule has 0 fully saturated rings. The number of nitro groups is 1. The third kappa shape index (κ3) is 5.24. The average molecular weight is 372 g/mol. The minimum atomic E-state index is -3.77. The molecule has 0 aromatic heterocycles. The Hall–Kier alpha value is -2.49. The van der Waals surface area contributed by atoms with Gasteiger partial charge >= 0.3 is 5.97 Å². The number of amides is 1. The second-order valence-electron chi connectivity index (χ2n) is 6.34. The van der Waals surface area contributed by atoms with Gasteiger partial charge in [0.25, 0.3) is 11.6 Å². The van der Waals surface area contributed by atoms with E-state index in [4.69, 9.17) is 5.11 Å². The lowest BCUT2D eigenvalue weighted by molar-refractivity contribution is -0.385. The van der Waals surface area contributed by atoms with Crippen LogP contribution in [0, 0.1) is 16.0 Å². The highest BCUT2D eigenvalue weighted by Gasteiger charge is 2.33. The molecule has 0 aliphatic carbocycles. The predicted molar refractivity (Wildman–Crippen MR) is 89.2 cm³/mol. The second kappa shape index (κ2) is 7.18. The highest BCUT2D eigenvalue weighted by Crippen LogP contribution is 2.24. The molecule has 1 amide bonds. The van der Waals surface area contributed by atoms with Crippen molar-refractivity contribution in [3.63, 3.8) is 0 Å². The molecule has 0 radical (unpaired) electrons. The van der Waals surface area contributed by atoms with Crippen molar-refractivity contribution in [2.45, 2.75) is 37.6 Å². The zero-order valence-electron chi connectivity index (χ0n) is 14.3. The van der Waals surface area contributed by atoms with E-state index in [1.807, 2.05) is 0 Å². The summed E-state index contributed by atoms with van der Waals surface area (Å²) in [5.41, 5.74) is -1.89. The molecule has 25 heavy (non-hydrogen) atoms. The molecular weight excluding hydrogens is 352 g/mol. The molecule has 138 valence electrons. The monoisotopic (exact) mass is 372 g/mol. The Morgan fingerprint density at radius 2 is 1.88 bits per heavy atom. The van der Waals surface area contributed by atoms with Crippen LogP contribution in [0.2, 0.25) is 0 Å². The number of carbonyl (C=O) groups excluding carboxylic acids is 1. The van der Waals surface area contributed by atoms with Crippen molar-refractivity contribution in [2.75, 3.05) is 6.26 Å². The van der Waals surface area contributed by atoms with Gasteiger partial charge in [0, 0.05) is 24.0 Å². The van der Waals surface area contributed by atoms with Crippen molar-refractivity contribution in [3.8, 4) is 0 Å². The number of carboxylic acid groups (broad SMARTS) is 1. The Bertz CT molecular complexity index is 817. The molecule has 9 nitrogen and oxygen atoms in total. The summed E-state index contributed by atoms with van der Waals surface area (Å²) in [6.07, 6.45) is 0.515. The van der Waals surface area contributed by atoms with Crippen LogP contribution in [0.25, 0.3) is 0 Å². The summed E-state index contributed by atoms with van der Waals surface area (Å²) in [6.45, 7) is 4.98. The number of nitrogens with one attached hydrogen (secondary N) is 1. The molecule has 0 bridgehead atoms. The number of carbonyl (C=O) groups is 2. The zero-order valence-corrected chi connectivity index (χ0v) is 15.1. The highest BCUT2D eigenvalue weighted by atomic mass is 32.2. The Kier molecular flexibility index (Phi) is 5.90. The van der Waals surface area contributed by atoms with Crippen molar-refractivity contribution in [3.05, 3.63) is 33.9 Å². The number of aliphatic carboxylic acids is 1. The summed E-state index contributed by atoms with van der Waals surface area (Å²) in [7, 11) is -3.77. The maximum Gasteiger partial charge on any atom is 0.305 e. The number of sulfone groups is 1. The third-order valence-corrected chi connectivity index (χ3v) is 5.08. The van der Waals surface area contributed by atoms with Crippen LogP contribution >= 0.6 is 0 Å². The van der Waals surface area contributed by atoms with Crippen LogP contribution in [-0.4, -0.2) is 42.1 Å². The van der Waals surface area contributed by atoms with Gasteiger partial charge in [0.2, 0.25) is 0 Å². The lowest BCUT2D eigenvalue weighted by atomic mass is 9.85. The van der Waals surface area contributed by atoms with Crippen molar-refractivity contribution in [2.24, 2.45) is 5.92 Å².